The van der Waals surface area contributed by atoms with Crippen LogP contribution in [-0.4, -0.2) is 68.4 Å². The number of hydrogen-bond donors (Lipinski definition) is 3. The molecule has 4 rings (SSSR count). The quantitative estimate of drug-likeness (QED) is 0.264. The van der Waals surface area contributed by atoms with Gasteiger partial charge in [-0.2, -0.15) is 5.26 Å². The molecule has 0 unspecified atom stereocenters. The monoisotopic (exact) mass is 523 g/mol. The predicted molar refractivity (Wildman–Crippen MR) is 133 cm³/mol. The number of carbonyl (C=O) groups is 2. The molecule has 0 bridgehead atoms. The van der Waals surface area contributed by atoms with Gasteiger partial charge in [0.25, 0.3) is 0 Å². The lowest BCUT2D eigenvalue weighted by Crippen LogP contribution is -2.40. The first-order chi connectivity index (χ1) is 18.4. The van der Waals surface area contributed by atoms with E-state index in [1.807, 2.05) is 19.1 Å². The van der Waals surface area contributed by atoms with E-state index in [0.717, 1.165) is 24.8 Å². The van der Waals surface area contributed by atoms with Crippen molar-refractivity contribution in [2.75, 3.05) is 18.5 Å². The third-order valence-electron chi connectivity index (χ3n) is 6.29. The minimum absolute atomic E-state index is 0.0222. The molecule has 0 spiro atoms. The zero-order valence-electron chi connectivity index (χ0n) is 20.8. The van der Waals surface area contributed by atoms with E-state index in [9.17, 15) is 25.1 Å². The number of ether oxygens (including phenoxy) is 3. The Morgan fingerprint density at radius 1 is 1.18 bits per heavy atom. The second-order valence-corrected chi connectivity index (χ2v) is 8.91. The van der Waals surface area contributed by atoms with Crippen molar-refractivity contribution in [3.05, 3.63) is 60.0 Å². The van der Waals surface area contributed by atoms with Crippen LogP contribution in [0.5, 0.6) is 0 Å². The van der Waals surface area contributed by atoms with Gasteiger partial charge in [-0.3, -0.25) is 14.5 Å². The van der Waals surface area contributed by atoms with E-state index in [1.54, 1.807) is 30.3 Å². The SMILES string of the molecule is CCCCCOC(=O)Nc1nncn2c([C@]3(C#N)O[C@H](COC(=O)Cc4ccccc4)[C@@H](O)[C@H]3O)ccc12. The lowest BCUT2D eigenvalue weighted by molar-refractivity contribution is -0.149. The number of aliphatic hydroxyl groups is 2. The Kier molecular flexibility index (Phi) is 8.52. The smallest absolute Gasteiger partial charge is 0.412 e. The van der Waals surface area contributed by atoms with E-state index in [1.165, 1.54) is 16.8 Å². The van der Waals surface area contributed by atoms with Crippen molar-refractivity contribution in [3.63, 3.8) is 0 Å². The molecule has 1 amide bonds. The van der Waals surface area contributed by atoms with E-state index >= 15 is 0 Å². The number of aromatic nitrogens is 3. The van der Waals surface area contributed by atoms with Gasteiger partial charge in [0, 0.05) is 0 Å². The molecule has 3 heterocycles. The molecule has 1 saturated heterocycles. The summed E-state index contributed by atoms with van der Waals surface area (Å²) in [7, 11) is 0. The van der Waals surface area contributed by atoms with Crippen molar-refractivity contribution in [2.24, 2.45) is 0 Å². The number of unbranched alkanes of at least 4 members (excludes halogenated alkanes) is 2. The maximum Gasteiger partial charge on any atom is 0.412 e. The number of amides is 1. The number of rotatable bonds is 10. The molecular formula is C26H29N5O7. The van der Waals surface area contributed by atoms with Gasteiger partial charge < -0.3 is 24.4 Å². The van der Waals surface area contributed by atoms with Crippen molar-refractivity contribution in [1.29, 1.82) is 5.26 Å². The number of nitriles is 1. The van der Waals surface area contributed by atoms with Crippen LogP contribution in [0.3, 0.4) is 0 Å². The molecule has 1 fully saturated rings. The maximum atomic E-state index is 12.3. The highest BCUT2D eigenvalue weighted by Gasteiger charge is 2.57. The Morgan fingerprint density at radius 3 is 2.71 bits per heavy atom. The number of nitrogens with one attached hydrogen (secondary N) is 1. The van der Waals surface area contributed by atoms with Gasteiger partial charge in [-0.25, -0.2) is 4.79 Å². The summed E-state index contributed by atoms with van der Waals surface area (Å²) in [6, 6.07) is 14.0. The summed E-state index contributed by atoms with van der Waals surface area (Å²) < 4.78 is 17.7. The minimum atomic E-state index is -2.01. The molecule has 1 aliphatic heterocycles. The topological polar surface area (TPSA) is 168 Å². The minimum Gasteiger partial charge on any atom is -0.463 e. The summed E-state index contributed by atoms with van der Waals surface area (Å²) in [4.78, 5) is 24.4. The van der Waals surface area contributed by atoms with Gasteiger partial charge in [-0.1, -0.05) is 50.1 Å². The largest absolute Gasteiger partial charge is 0.463 e. The van der Waals surface area contributed by atoms with Crippen molar-refractivity contribution >= 4 is 23.4 Å². The van der Waals surface area contributed by atoms with E-state index in [-0.39, 0.29) is 31.1 Å². The average molecular weight is 524 g/mol. The standard InChI is InChI=1S/C26H29N5O7/c1-2-3-7-12-36-25(35)29-24-18-10-11-20(31(18)16-28-30-24)26(15-27)23(34)22(33)19(38-26)14-37-21(32)13-17-8-5-4-6-9-17/h4-6,8-11,16,19,22-23,33-34H,2-3,7,12-14H2,1H3,(H,29,30,35)/t19-,22-,23-,26+/m1/s1. The molecule has 3 N–H and O–H groups in total. The molecule has 12 nitrogen and oxygen atoms in total. The van der Waals surface area contributed by atoms with Crippen LogP contribution in [0.15, 0.2) is 48.8 Å². The Bertz CT molecular complexity index is 1310. The van der Waals surface area contributed by atoms with Crippen molar-refractivity contribution in [1.82, 2.24) is 14.6 Å². The highest BCUT2D eigenvalue weighted by Crippen LogP contribution is 2.40. The number of anilines is 1. The second kappa shape index (κ2) is 12.0. The molecule has 1 aliphatic rings. The van der Waals surface area contributed by atoms with Crippen LogP contribution in [0, 0.1) is 11.3 Å². The number of benzene rings is 1. The molecule has 12 heteroatoms. The summed E-state index contributed by atoms with van der Waals surface area (Å²) in [5.74, 6) is -0.469. The number of hydrogen-bond acceptors (Lipinski definition) is 10. The van der Waals surface area contributed by atoms with Gasteiger partial charge >= 0.3 is 12.1 Å². The third-order valence-corrected chi connectivity index (χ3v) is 6.29. The number of carbonyl (C=O) groups excluding carboxylic acids is 2. The van der Waals surface area contributed by atoms with Gasteiger partial charge in [0.05, 0.1) is 24.2 Å². The van der Waals surface area contributed by atoms with Crippen LogP contribution in [0.1, 0.15) is 37.4 Å². The molecule has 3 aromatic rings. The Morgan fingerprint density at radius 2 is 1.97 bits per heavy atom. The van der Waals surface area contributed by atoms with Gasteiger partial charge in [0.15, 0.2) is 5.82 Å². The highest BCUT2D eigenvalue weighted by atomic mass is 16.6. The Balaban J connectivity index is 1.48. The fourth-order valence-corrected chi connectivity index (χ4v) is 4.30. The molecule has 2 aromatic heterocycles. The molecule has 38 heavy (non-hydrogen) atoms. The Hall–Kier alpha value is -4.05. The summed E-state index contributed by atoms with van der Waals surface area (Å²) >= 11 is 0. The third kappa shape index (κ3) is 5.60. The van der Waals surface area contributed by atoms with Crippen LogP contribution < -0.4 is 5.32 Å². The zero-order chi connectivity index (χ0) is 27.1. The Labute approximate surface area is 218 Å². The van der Waals surface area contributed by atoms with E-state index < -0.39 is 36.0 Å². The van der Waals surface area contributed by atoms with Gasteiger partial charge in [-0.15, -0.1) is 10.2 Å². The summed E-state index contributed by atoms with van der Waals surface area (Å²) in [5.41, 5.74) is -0.748. The lowest BCUT2D eigenvalue weighted by Gasteiger charge is -2.24. The number of esters is 1. The molecule has 1 aromatic carbocycles. The molecule has 0 saturated carbocycles. The van der Waals surface area contributed by atoms with Gasteiger partial charge in [0.2, 0.25) is 5.60 Å². The van der Waals surface area contributed by atoms with Crippen molar-refractivity contribution in [2.45, 2.75) is 56.5 Å². The first kappa shape index (κ1) is 27.0. The number of fused-ring (bicyclic) bond motifs is 1. The van der Waals surface area contributed by atoms with E-state index in [2.05, 4.69) is 15.5 Å². The van der Waals surface area contributed by atoms with Crippen LogP contribution in [0.4, 0.5) is 10.6 Å². The lowest BCUT2D eigenvalue weighted by atomic mass is 9.92. The highest BCUT2D eigenvalue weighted by molar-refractivity contribution is 5.88. The van der Waals surface area contributed by atoms with Crippen LogP contribution in [0.25, 0.3) is 5.52 Å². The van der Waals surface area contributed by atoms with Crippen molar-refractivity contribution < 1.29 is 34.0 Å². The number of nitrogens with zero attached hydrogens (tertiary/aromatic N) is 4. The predicted octanol–water partition coefficient (Wildman–Crippen LogP) is 2.09. The zero-order valence-corrected chi connectivity index (χ0v) is 20.8. The van der Waals surface area contributed by atoms with Gasteiger partial charge in [0.1, 0.15) is 37.3 Å². The summed E-state index contributed by atoms with van der Waals surface area (Å²) in [5, 5.41) is 42.0. The summed E-state index contributed by atoms with van der Waals surface area (Å²) in [6.45, 7) is 1.93. The molecule has 0 radical (unpaired) electrons. The first-order valence-electron chi connectivity index (χ1n) is 12.3. The van der Waals surface area contributed by atoms with E-state index in [4.69, 9.17) is 14.2 Å². The fourth-order valence-electron chi connectivity index (χ4n) is 4.30. The normalized spacial score (nSPS) is 22.6. The second-order valence-electron chi connectivity index (χ2n) is 8.91. The molecule has 0 aliphatic carbocycles. The maximum absolute atomic E-state index is 12.3. The van der Waals surface area contributed by atoms with Crippen LogP contribution >= 0.6 is 0 Å². The summed E-state index contributed by atoms with van der Waals surface area (Å²) in [6.07, 6.45) is -1.09. The number of aliphatic hydroxyl groups excluding tert-OH is 2. The fraction of sp³-hybridized carbons (Fsp3) is 0.423. The van der Waals surface area contributed by atoms with Crippen LogP contribution in [-0.2, 0) is 31.0 Å². The molecular weight excluding hydrogens is 494 g/mol. The molecule has 200 valence electrons. The first-order valence-corrected chi connectivity index (χ1v) is 12.3. The van der Waals surface area contributed by atoms with Crippen molar-refractivity contribution in [3.8, 4) is 6.07 Å². The van der Waals surface area contributed by atoms with E-state index in [0.29, 0.717) is 5.52 Å². The molecule has 4 atom stereocenters. The van der Waals surface area contributed by atoms with Crippen LogP contribution in [0.2, 0.25) is 0 Å². The van der Waals surface area contributed by atoms with Gasteiger partial charge in [-0.05, 0) is 24.1 Å². The average Bonchev–Trinajstić information content (AvgIpc) is 3.46.